The first-order valence-corrected chi connectivity index (χ1v) is 36.2. The van der Waals surface area contributed by atoms with Crippen LogP contribution in [0.15, 0.2) is 24.3 Å². The van der Waals surface area contributed by atoms with Crippen molar-refractivity contribution in [3.63, 3.8) is 0 Å². The number of phosphoric acid groups is 1. The van der Waals surface area contributed by atoms with Crippen LogP contribution >= 0.6 is 7.82 Å². The molecule has 464 valence electrons. The van der Waals surface area contributed by atoms with E-state index in [1.54, 1.807) is 6.08 Å². The fourth-order valence-corrected chi connectivity index (χ4v) is 11.5. The fraction of sp³-hybridized carbons (Fsp3) is 0.928. The molecule has 0 fully saturated rings. The van der Waals surface area contributed by atoms with Crippen LogP contribution in [0.3, 0.4) is 0 Å². The van der Waals surface area contributed by atoms with E-state index in [0.29, 0.717) is 17.4 Å². The van der Waals surface area contributed by atoms with Crippen LogP contribution in [0.5, 0.6) is 0 Å². The van der Waals surface area contributed by atoms with Crippen molar-refractivity contribution in [3.05, 3.63) is 24.3 Å². The summed E-state index contributed by atoms with van der Waals surface area (Å²) in [6.07, 6.45) is 79.1. The Morgan fingerprint density at radius 1 is 0.423 bits per heavy atom. The lowest BCUT2D eigenvalue weighted by molar-refractivity contribution is -0.870. The number of nitrogens with one attached hydrogen (secondary N) is 1. The zero-order valence-electron chi connectivity index (χ0n) is 53.2. The second-order valence-electron chi connectivity index (χ2n) is 25.3. The third-order valence-corrected chi connectivity index (χ3v) is 17.2. The molecule has 3 N–H and O–H groups in total. The van der Waals surface area contributed by atoms with Gasteiger partial charge in [0.05, 0.1) is 39.9 Å². The highest BCUT2D eigenvalue weighted by Gasteiger charge is 2.28. The van der Waals surface area contributed by atoms with E-state index < -0.39 is 20.0 Å². The second-order valence-corrected chi connectivity index (χ2v) is 26.7. The maximum Gasteiger partial charge on any atom is 0.472 e. The molecule has 0 bridgehead atoms. The third kappa shape index (κ3) is 62.6. The zero-order chi connectivity index (χ0) is 57.0. The maximum absolute atomic E-state index is 13.0. The number of likely N-dealkylation sites (N-methyl/N-ethyl adjacent to an activating group) is 1. The Kier molecular flexibility index (Phi) is 59.8. The van der Waals surface area contributed by atoms with Crippen LogP contribution in [-0.4, -0.2) is 73.4 Å². The van der Waals surface area contributed by atoms with Gasteiger partial charge in [0.1, 0.15) is 13.2 Å². The van der Waals surface area contributed by atoms with Gasteiger partial charge in [-0.2, -0.15) is 0 Å². The fourth-order valence-electron chi connectivity index (χ4n) is 10.8. The molecule has 0 saturated heterocycles. The molecular formula is C69H138N2O6P+. The van der Waals surface area contributed by atoms with E-state index in [4.69, 9.17) is 9.05 Å². The predicted molar refractivity (Wildman–Crippen MR) is 342 cm³/mol. The van der Waals surface area contributed by atoms with E-state index in [2.05, 4.69) is 31.3 Å². The summed E-state index contributed by atoms with van der Waals surface area (Å²) in [6, 6.07) is -0.862. The van der Waals surface area contributed by atoms with E-state index in [-0.39, 0.29) is 19.1 Å². The van der Waals surface area contributed by atoms with Gasteiger partial charge in [-0.15, -0.1) is 0 Å². The Morgan fingerprint density at radius 2 is 0.705 bits per heavy atom. The Balaban J connectivity index is 4.08. The molecule has 0 saturated carbocycles. The van der Waals surface area contributed by atoms with Crippen molar-refractivity contribution < 1.29 is 32.9 Å². The van der Waals surface area contributed by atoms with Crippen molar-refractivity contribution in [3.8, 4) is 0 Å². The molecular weight excluding hydrogens is 984 g/mol. The van der Waals surface area contributed by atoms with Crippen LogP contribution in [0, 0.1) is 0 Å². The Bertz CT molecular complexity index is 1320. The molecule has 1 amide bonds. The van der Waals surface area contributed by atoms with E-state index in [9.17, 15) is 19.4 Å². The van der Waals surface area contributed by atoms with Gasteiger partial charge in [-0.25, -0.2) is 4.57 Å². The number of amides is 1. The molecule has 0 aromatic carbocycles. The molecule has 0 radical (unpaired) electrons. The van der Waals surface area contributed by atoms with Crippen LogP contribution in [0.4, 0.5) is 0 Å². The average molecular weight is 1120 g/mol. The van der Waals surface area contributed by atoms with Crippen LogP contribution in [0.25, 0.3) is 0 Å². The number of carbonyl (C=O) groups excluding carboxylic acids is 1. The summed E-state index contributed by atoms with van der Waals surface area (Å²) in [4.78, 5) is 23.4. The molecule has 0 spiro atoms. The first-order valence-electron chi connectivity index (χ1n) is 34.7. The third-order valence-electron chi connectivity index (χ3n) is 16.2. The van der Waals surface area contributed by atoms with Crippen molar-refractivity contribution >= 4 is 13.7 Å². The lowest BCUT2D eigenvalue weighted by Crippen LogP contribution is -2.45. The van der Waals surface area contributed by atoms with E-state index in [1.165, 1.54) is 302 Å². The highest BCUT2D eigenvalue weighted by molar-refractivity contribution is 7.47. The van der Waals surface area contributed by atoms with Crippen molar-refractivity contribution in [2.75, 3.05) is 40.9 Å². The number of nitrogens with zero attached hydrogens (tertiary/aromatic N) is 1. The number of carbonyl (C=O) groups is 1. The summed E-state index contributed by atoms with van der Waals surface area (Å²) in [6.45, 7) is 4.86. The van der Waals surface area contributed by atoms with Gasteiger partial charge in [0.2, 0.25) is 5.91 Å². The average Bonchev–Trinajstić information content (AvgIpc) is 3.41. The highest BCUT2D eigenvalue weighted by atomic mass is 31.2. The Hall–Kier alpha value is -1.02. The number of unbranched alkanes of at least 4 members (excludes halogenated alkanes) is 50. The lowest BCUT2D eigenvalue weighted by atomic mass is 10.0. The van der Waals surface area contributed by atoms with Gasteiger partial charge >= 0.3 is 7.82 Å². The summed E-state index contributed by atoms with van der Waals surface area (Å²) in [5.41, 5.74) is 0. The summed E-state index contributed by atoms with van der Waals surface area (Å²) in [5.74, 6) is -0.178. The second kappa shape index (κ2) is 60.6. The molecule has 3 atom stereocenters. The van der Waals surface area contributed by atoms with Crippen molar-refractivity contribution in [1.82, 2.24) is 5.32 Å². The lowest BCUT2D eigenvalue weighted by Gasteiger charge is -2.25. The van der Waals surface area contributed by atoms with Crippen molar-refractivity contribution in [1.29, 1.82) is 0 Å². The van der Waals surface area contributed by atoms with Gasteiger partial charge in [-0.3, -0.25) is 13.8 Å². The van der Waals surface area contributed by atoms with Crippen LogP contribution in [0.2, 0.25) is 0 Å². The molecule has 0 rings (SSSR count). The number of allylic oxidation sites excluding steroid dienone is 3. The number of hydrogen-bond acceptors (Lipinski definition) is 5. The van der Waals surface area contributed by atoms with E-state index in [0.717, 1.165) is 38.5 Å². The molecule has 0 aromatic heterocycles. The normalized spacial score (nSPS) is 13.8. The minimum absolute atomic E-state index is 0.0591. The number of aliphatic hydroxyl groups excluding tert-OH is 1. The smallest absolute Gasteiger partial charge is 0.387 e. The molecule has 3 unspecified atom stereocenters. The predicted octanol–water partition coefficient (Wildman–Crippen LogP) is 21.9. The quantitative estimate of drug-likeness (QED) is 0.0243. The monoisotopic (exact) mass is 1120 g/mol. The van der Waals surface area contributed by atoms with Gasteiger partial charge < -0.3 is 19.8 Å². The van der Waals surface area contributed by atoms with Crippen LogP contribution in [-0.2, 0) is 18.4 Å². The largest absolute Gasteiger partial charge is 0.472 e. The molecule has 0 aliphatic rings. The molecule has 0 aromatic rings. The molecule has 0 aliphatic carbocycles. The maximum atomic E-state index is 13.0. The first-order chi connectivity index (χ1) is 38.0. The standard InChI is InChI=1S/C69H137N2O6P/c1-6-8-10-12-14-16-18-20-22-24-26-28-30-32-34-35-36-37-38-40-42-44-46-48-50-52-54-56-58-60-62-68(72)67(66-77-78(74,75)76-65-64-71(3,4)5)70-69(73)63-61-59-57-55-53-51-49-47-45-43-41-39-33-31-29-27-25-23-21-19-17-15-13-11-9-7-2/h52,54,60,62,67-68,72H,6-51,53,55-59,61,63-66H2,1-5H3,(H-,70,73,74,75)/p+1/b54-52+,62-60+. The summed E-state index contributed by atoms with van der Waals surface area (Å²) >= 11 is 0. The zero-order valence-corrected chi connectivity index (χ0v) is 54.1. The molecule has 78 heavy (non-hydrogen) atoms. The topological polar surface area (TPSA) is 105 Å². The van der Waals surface area contributed by atoms with Crippen molar-refractivity contribution in [2.24, 2.45) is 0 Å². The number of rotatable bonds is 65. The molecule has 9 heteroatoms. The number of aliphatic hydroxyl groups is 1. The van der Waals surface area contributed by atoms with Gasteiger partial charge in [-0.05, 0) is 32.1 Å². The number of hydrogen-bond donors (Lipinski definition) is 3. The number of phosphoric ester groups is 1. The number of quaternary nitrogens is 1. The summed E-state index contributed by atoms with van der Waals surface area (Å²) in [7, 11) is 1.57. The van der Waals surface area contributed by atoms with Crippen molar-refractivity contribution in [2.45, 2.75) is 373 Å². The van der Waals surface area contributed by atoms with Gasteiger partial charge in [0.15, 0.2) is 0 Å². The summed E-state index contributed by atoms with van der Waals surface area (Å²) in [5, 5.41) is 14.0. The Labute approximate surface area is 487 Å². The molecule has 8 nitrogen and oxygen atoms in total. The van der Waals surface area contributed by atoms with E-state index >= 15 is 0 Å². The molecule has 0 heterocycles. The first kappa shape index (κ1) is 77.0. The Morgan fingerprint density at radius 3 is 1.03 bits per heavy atom. The van der Waals surface area contributed by atoms with Crippen LogP contribution < -0.4 is 5.32 Å². The summed E-state index contributed by atoms with van der Waals surface area (Å²) < 4.78 is 23.8. The SMILES string of the molecule is CCCCCCCCCCCCCCCCCCCCCCCCCC/C=C/CC/C=C/C(O)C(COP(=O)(O)OCC[N+](C)(C)C)NC(=O)CCCCCCCCCCCCCCCCCCCCCCCCCCCC. The minimum atomic E-state index is -4.36. The van der Waals surface area contributed by atoms with Gasteiger partial charge in [0, 0.05) is 6.42 Å². The highest BCUT2D eigenvalue weighted by Crippen LogP contribution is 2.43. The molecule has 0 aliphatic heterocycles. The van der Waals surface area contributed by atoms with E-state index in [1.807, 2.05) is 27.2 Å². The van der Waals surface area contributed by atoms with Gasteiger partial charge in [0.25, 0.3) is 0 Å². The minimum Gasteiger partial charge on any atom is -0.387 e. The van der Waals surface area contributed by atoms with Gasteiger partial charge in [-0.1, -0.05) is 346 Å². The van der Waals surface area contributed by atoms with Crippen LogP contribution in [0.1, 0.15) is 361 Å².